The van der Waals surface area contributed by atoms with Crippen molar-refractivity contribution in [3.63, 3.8) is 0 Å². The van der Waals surface area contributed by atoms with E-state index >= 15 is 0 Å². The van der Waals surface area contributed by atoms with Crippen LogP contribution < -0.4 is 5.32 Å². The van der Waals surface area contributed by atoms with Gasteiger partial charge in [-0.2, -0.15) is 0 Å². The molecule has 0 bridgehead atoms. The van der Waals surface area contributed by atoms with Gasteiger partial charge in [0.15, 0.2) is 0 Å². The SMILES string of the molecule is CCCNC1CCCC1CCN1CCCC1C. The van der Waals surface area contributed by atoms with Crippen LogP contribution in [0.3, 0.4) is 0 Å². The smallest absolute Gasteiger partial charge is 0.00958 e. The Hall–Kier alpha value is -0.0800. The van der Waals surface area contributed by atoms with Crippen LogP contribution >= 0.6 is 0 Å². The Kier molecular flexibility index (Phi) is 5.30. The van der Waals surface area contributed by atoms with E-state index in [9.17, 15) is 0 Å². The van der Waals surface area contributed by atoms with Crippen LogP contribution in [0.25, 0.3) is 0 Å². The van der Waals surface area contributed by atoms with E-state index in [2.05, 4.69) is 24.1 Å². The minimum atomic E-state index is 0.827. The van der Waals surface area contributed by atoms with E-state index in [0.717, 1.165) is 18.0 Å². The number of hydrogen-bond acceptors (Lipinski definition) is 2. The summed E-state index contributed by atoms with van der Waals surface area (Å²) < 4.78 is 0. The highest BCUT2D eigenvalue weighted by Gasteiger charge is 2.28. The largest absolute Gasteiger partial charge is 0.314 e. The second-order valence-corrected chi connectivity index (χ2v) is 6.07. The van der Waals surface area contributed by atoms with Crippen LogP contribution in [0.2, 0.25) is 0 Å². The first-order valence-corrected chi connectivity index (χ1v) is 7.78. The monoisotopic (exact) mass is 238 g/mol. The fourth-order valence-electron chi connectivity index (χ4n) is 3.64. The van der Waals surface area contributed by atoms with Crippen molar-refractivity contribution >= 4 is 0 Å². The van der Waals surface area contributed by atoms with E-state index in [-0.39, 0.29) is 0 Å². The molecular formula is C15H30N2. The molecule has 1 aliphatic carbocycles. The van der Waals surface area contributed by atoms with Crippen molar-refractivity contribution in [2.45, 2.75) is 70.9 Å². The summed E-state index contributed by atoms with van der Waals surface area (Å²) in [5.74, 6) is 0.953. The van der Waals surface area contributed by atoms with Gasteiger partial charge in [-0.3, -0.25) is 0 Å². The first-order chi connectivity index (χ1) is 8.31. The van der Waals surface area contributed by atoms with Gasteiger partial charge in [0.05, 0.1) is 0 Å². The van der Waals surface area contributed by atoms with E-state index in [1.165, 1.54) is 64.6 Å². The first-order valence-electron chi connectivity index (χ1n) is 7.78. The van der Waals surface area contributed by atoms with Gasteiger partial charge in [0.1, 0.15) is 0 Å². The van der Waals surface area contributed by atoms with Crippen molar-refractivity contribution in [1.82, 2.24) is 10.2 Å². The summed E-state index contributed by atoms with van der Waals surface area (Å²) in [6.45, 7) is 8.57. The summed E-state index contributed by atoms with van der Waals surface area (Å²) in [6, 6.07) is 1.67. The third-order valence-corrected chi connectivity index (χ3v) is 4.79. The average Bonchev–Trinajstić information content (AvgIpc) is 2.93. The molecule has 1 heterocycles. The lowest BCUT2D eigenvalue weighted by Crippen LogP contribution is -2.36. The Labute approximate surface area is 107 Å². The molecule has 1 saturated heterocycles. The molecule has 1 N–H and O–H groups in total. The summed E-state index contributed by atoms with van der Waals surface area (Å²) in [6.07, 6.45) is 9.86. The van der Waals surface area contributed by atoms with E-state index < -0.39 is 0 Å². The summed E-state index contributed by atoms with van der Waals surface area (Å²) in [7, 11) is 0. The molecule has 0 aromatic rings. The van der Waals surface area contributed by atoms with Gasteiger partial charge >= 0.3 is 0 Å². The van der Waals surface area contributed by atoms with Gasteiger partial charge in [0, 0.05) is 12.1 Å². The maximum absolute atomic E-state index is 3.75. The summed E-state index contributed by atoms with van der Waals surface area (Å²) in [5, 5.41) is 3.75. The summed E-state index contributed by atoms with van der Waals surface area (Å²) in [4.78, 5) is 2.70. The molecule has 17 heavy (non-hydrogen) atoms. The van der Waals surface area contributed by atoms with Gasteiger partial charge in [0.2, 0.25) is 0 Å². The number of hydrogen-bond donors (Lipinski definition) is 1. The zero-order chi connectivity index (χ0) is 12.1. The topological polar surface area (TPSA) is 15.3 Å². The predicted octanol–water partition coefficient (Wildman–Crippen LogP) is 3.03. The summed E-state index contributed by atoms with van der Waals surface area (Å²) in [5.41, 5.74) is 0. The van der Waals surface area contributed by atoms with Crippen LogP contribution in [0.4, 0.5) is 0 Å². The molecule has 0 radical (unpaired) electrons. The highest BCUT2D eigenvalue weighted by molar-refractivity contribution is 4.85. The van der Waals surface area contributed by atoms with Crippen LogP contribution in [0.5, 0.6) is 0 Å². The van der Waals surface area contributed by atoms with Crippen molar-refractivity contribution in [3.8, 4) is 0 Å². The van der Waals surface area contributed by atoms with E-state index in [0.29, 0.717) is 0 Å². The normalized spacial score (nSPS) is 34.6. The quantitative estimate of drug-likeness (QED) is 0.765. The molecule has 2 aliphatic rings. The molecule has 0 aromatic carbocycles. The maximum atomic E-state index is 3.75. The number of rotatable bonds is 6. The lowest BCUT2D eigenvalue weighted by Gasteiger charge is -2.26. The van der Waals surface area contributed by atoms with Crippen LogP contribution in [0.15, 0.2) is 0 Å². The highest BCUT2D eigenvalue weighted by atomic mass is 15.2. The third kappa shape index (κ3) is 3.69. The Morgan fingerprint density at radius 1 is 1.18 bits per heavy atom. The highest BCUT2D eigenvalue weighted by Crippen LogP contribution is 2.29. The molecule has 2 fully saturated rings. The van der Waals surface area contributed by atoms with Gasteiger partial charge in [-0.1, -0.05) is 13.3 Å². The van der Waals surface area contributed by atoms with Gasteiger partial charge in [0.25, 0.3) is 0 Å². The molecule has 3 atom stereocenters. The molecule has 2 rings (SSSR count). The third-order valence-electron chi connectivity index (χ3n) is 4.79. The Morgan fingerprint density at radius 3 is 2.76 bits per heavy atom. The number of nitrogens with one attached hydrogen (secondary N) is 1. The lowest BCUT2D eigenvalue weighted by molar-refractivity contribution is 0.236. The number of nitrogens with zero attached hydrogens (tertiary/aromatic N) is 1. The first kappa shape index (κ1) is 13.4. The lowest BCUT2D eigenvalue weighted by atomic mass is 9.99. The predicted molar refractivity (Wildman–Crippen MR) is 74.3 cm³/mol. The summed E-state index contributed by atoms with van der Waals surface area (Å²) >= 11 is 0. The van der Waals surface area contributed by atoms with Crippen LogP contribution in [0, 0.1) is 5.92 Å². The molecule has 0 aromatic heterocycles. The molecule has 0 amide bonds. The van der Waals surface area contributed by atoms with E-state index in [1.54, 1.807) is 0 Å². The van der Waals surface area contributed by atoms with Crippen molar-refractivity contribution in [1.29, 1.82) is 0 Å². The standard InChI is InChI=1S/C15H30N2/c1-3-10-16-15-8-4-7-14(15)9-12-17-11-5-6-13(17)2/h13-16H,3-12H2,1-2H3. The van der Waals surface area contributed by atoms with Crippen molar-refractivity contribution in [2.75, 3.05) is 19.6 Å². The maximum Gasteiger partial charge on any atom is 0.00958 e. The molecule has 100 valence electrons. The average molecular weight is 238 g/mol. The van der Waals surface area contributed by atoms with Crippen LogP contribution in [0.1, 0.15) is 58.8 Å². The molecule has 2 heteroatoms. The second-order valence-electron chi connectivity index (χ2n) is 6.07. The van der Waals surface area contributed by atoms with E-state index in [4.69, 9.17) is 0 Å². The van der Waals surface area contributed by atoms with Gasteiger partial charge < -0.3 is 10.2 Å². The molecular weight excluding hydrogens is 208 g/mol. The van der Waals surface area contributed by atoms with Crippen molar-refractivity contribution in [2.24, 2.45) is 5.92 Å². The van der Waals surface area contributed by atoms with Crippen molar-refractivity contribution < 1.29 is 0 Å². The molecule has 0 spiro atoms. The van der Waals surface area contributed by atoms with Crippen molar-refractivity contribution in [3.05, 3.63) is 0 Å². The fraction of sp³-hybridized carbons (Fsp3) is 1.00. The molecule has 1 saturated carbocycles. The minimum absolute atomic E-state index is 0.827. The Morgan fingerprint density at radius 2 is 2.06 bits per heavy atom. The Balaban J connectivity index is 1.70. The zero-order valence-corrected chi connectivity index (χ0v) is 11.8. The molecule has 2 nitrogen and oxygen atoms in total. The van der Waals surface area contributed by atoms with Gasteiger partial charge in [-0.25, -0.2) is 0 Å². The van der Waals surface area contributed by atoms with Crippen LogP contribution in [-0.2, 0) is 0 Å². The zero-order valence-electron chi connectivity index (χ0n) is 11.8. The Bertz CT molecular complexity index is 217. The van der Waals surface area contributed by atoms with E-state index in [1.807, 2.05) is 0 Å². The van der Waals surface area contributed by atoms with Gasteiger partial charge in [-0.15, -0.1) is 0 Å². The number of likely N-dealkylation sites (tertiary alicyclic amines) is 1. The fourth-order valence-corrected chi connectivity index (χ4v) is 3.64. The molecule has 1 aliphatic heterocycles. The van der Waals surface area contributed by atoms with Gasteiger partial charge in [-0.05, 0) is 71.0 Å². The second kappa shape index (κ2) is 6.75. The molecule has 3 unspecified atom stereocenters. The minimum Gasteiger partial charge on any atom is -0.314 e. The van der Waals surface area contributed by atoms with Crippen LogP contribution in [-0.4, -0.2) is 36.6 Å².